The fourth-order valence-electron chi connectivity index (χ4n) is 2.59. The summed E-state index contributed by atoms with van der Waals surface area (Å²) in [4.78, 5) is 2.23. The van der Waals surface area contributed by atoms with Gasteiger partial charge in [0.15, 0.2) is 0 Å². The standard InChI is InChI=1S/C14H21F2N3/c1-19-6-2-3-11-7-10(4-5-13(11)19)12(8-17)18-9-14(15)16/h4-5,7,12,14,18H,2-3,6,8-9,17H2,1H3. The number of nitrogens with two attached hydrogens (primary N) is 1. The Morgan fingerprint density at radius 2 is 2.21 bits per heavy atom. The summed E-state index contributed by atoms with van der Waals surface area (Å²) in [7, 11) is 2.08. The molecule has 0 saturated carbocycles. The van der Waals surface area contributed by atoms with E-state index in [0.29, 0.717) is 6.54 Å². The maximum Gasteiger partial charge on any atom is 0.250 e. The number of anilines is 1. The van der Waals surface area contributed by atoms with Gasteiger partial charge in [-0.3, -0.25) is 0 Å². The van der Waals surface area contributed by atoms with E-state index >= 15 is 0 Å². The third kappa shape index (κ3) is 3.42. The van der Waals surface area contributed by atoms with Crippen LogP contribution in [0.1, 0.15) is 23.6 Å². The van der Waals surface area contributed by atoms with Gasteiger partial charge >= 0.3 is 0 Å². The van der Waals surface area contributed by atoms with Gasteiger partial charge in [0.1, 0.15) is 0 Å². The highest BCUT2D eigenvalue weighted by molar-refractivity contribution is 5.56. The van der Waals surface area contributed by atoms with Crippen LogP contribution in [0.25, 0.3) is 0 Å². The molecule has 0 radical (unpaired) electrons. The predicted molar refractivity (Wildman–Crippen MR) is 73.8 cm³/mol. The van der Waals surface area contributed by atoms with Gasteiger partial charge in [-0.1, -0.05) is 12.1 Å². The third-order valence-electron chi connectivity index (χ3n) is 3.61. The maximum absolute atomic E-state index is 12.3. The highest BCUT2D eigenvalue weighted by Crippen LogP contribution is 2.28. The van der Waals surface area contributed by atoms with Crippen molar-refractivity contribution in [2.24, 2.45) is 5.73 Å². The fraction of sp³-hybridized carbons (Fsp3) is 0.571. The highest BCUT2D eigenvalue weighted by atomic mass is 19.3. The van der Waals surface area contributed by atoms with Crippen LogP contribution in [-0.4, -0.2) is 33.1 Å². The molecule has 0 bridgehead atoms. The molecule has 19 heavy (non-hydrogen) atoms. The molecule has 0 aliphatic carbocycles. The van der Waals surface area contributed by atoms with Gasteiger partial charge < -0.3 is 16.0 Å². The van der Waals surface area contributed by atoms with Crippen LogP contribution >= 0.6 is 0 Å². The van der Waals surface area contributed by atoms with Gasteiger partial charge in [-0.05, 0) is 30.0 Å². The van der Waals surface area contributed by atoms with E-state index in [9.17, 15) is 8.78 Å². The summed E-state index contributed by atoms with van der Waals surface area (Å²) in [6.45, 7) is 1.07. The second-order valence-electron chi connectivity index (χ2n) is 5.00. The highest BCUT2D eigenvalue weighted by Gasteiger charge is 2.17. The molecule has 0 spiro atoms. The predicted octanol–water partition coefficient (Wildman–Crippen LogP) is 1.92. The van der Waals surface area contributed by atoms with Crippen LogP contribution in [0.2, 0.25) is 0 Å². The van der Waals surface area contributed by atoms with Crippen LogP contribution in [-0.2, 0) is 6.42 Å². The van der Waals surface area contributed by atoms with E-state index in [1.54, 1.807) is 0 Å². The number of nitrogens with zero attached hydrogens (tertiary/aromatic N) is 1. The van der Waals surface area contributed by atoms with E-state index in [1.165, 1.54) is 11.3 Å². The zero-order valence-corrected chi connectivity index (χ0v) is 11.2. The van der Waals surface area contributed by atoms with Crippen molar-refractivity contribution in [2.45, 2.75) is 25.3 Å². The minimum Gasteiger partial charge on any atom is -0.374 e. The molecule has 0 saturated heterocycles. The number of benzene rings is 1. The Morgan fingerprint density at radius 3 is 2.89 bits per heavy atom. The number of aryl methyl sites for hydroxylation is 1. The molecular formula is C14H21F2N3. The third-order valence-corrected chi connectivity index (χ3v) is 3.61. The largest absolute Gasteiger partial charge is 0.374 e. The van der Waals surface area contributed by atoms with Crippen molar-refractivity contribution in [1.82, 2.24) is 5.32 Å². The van der Waals surface area contributed by atoms with Gasteiger partial charge in [-0.2, -0.15) is 0 Å². The van der Waals surface area contributed by atoms with Crippen molar-refractivity contribution >= 4 is 5.69 Å². The zero-order valence-electron chi connectivity index (χ0n) is 11.2. The first-order chi connectivity index (χ1) is 9.11. The van der Waals surface area contributed by atoms with E-state index < -0.39 is 6.43 Å². The van der Waals surface area contributed by atoms with Gasteiger partial charge in [-0.15, -0.1) is 0 Å². The monoisotopic (exact) mass is 269 g/mol. The molecule has 1 aromatic rings. The maximum atomic E-state index is 12.3. The number of nitrogens with one attached hydrogen (secondary N) is 1. The minimum atomic E-state index is -2.35. The molecule has 5 heteroatoms. The molecule has 3 nitrogen and oxygen atoms in total. The van der Waals surface area contributed by atoms with Gasteiger partial charge in [-0.25, -0.2) is 8.78 Å². The summed E-state index contributed by atoms with van der Waals surface area (Å²) in [5, 5.41) is 2.81. The molecule has 3 N–H and O–H groups in total. The van der Waals surface area contributed by atoms with Crippen LogP contribution < -0.4 is 16.0 Å². The van der Waals surface area contributed by atoms with Gasteiger partial charge in [0.05, 0.1) is 6.54 Å². The molecule has 0 amide bonds. The average molecular weight is 269 g/mol. The van der Waals surface area contributed by atoms with Crippen LogP contribution in [0, 0.1) is 0 Å². The summed E-state index contributed by atoms with van der Waals surface area (Å²) in [6, 6.07) is 5.94. The molecule has 106 valence electrons. The van der Waals surface area contributed by atoms with Crippen LogP contribution in [0.4, 0.5) is 14.5 Å². The molecular weight excluding hydrogens is 248 g/mol. The van der Waals surface area contributed by atoms with Crippen molar-refractivity contribution in [3.05, 3.63) is 29.3 Å². The Bertz CT molecular complexity index is 423. The first-order valence-electron chi connectivity index (χ1n) is 6.67. The van der Waals surface area contributed by atoms with E-state index in [2.05, 4.69) is 29.4 Å². The lowest BCUT2D eigenvalue weighted by molar-refractivity contribution is 0.141. The Labute approximate surface area is 112 Å². The summed E-state index contributed by atoms with van der Waals surface area (Å²) in [5.41, 5.74) is 9.19. The lowest BCUT2D eigenvalue weighted by Gasteiger charge is -2.29. The number of rotatable bonds is 5. The zero-order chi connectivity index (χ0) is 13.8. The van der Waals surface area contributed by atoms with Crippen molar-refractivity contribution in [2.75, 3.05) is 31.6 Å². The minimum absolute atomic E-state index is 0.202. The van der Waals surface area contributed by atoms with Crippen molar-refractivity contribution in [3.63, 3.8) is 0 Å². The lowest BCUT2D eigenvalue weighted by atomic mass is 9.96. The number of halogens is 2. The number of alkyl halides is 2. The van der Waals surface area contributed by atoms with E-state index in [0.717, 1.165) is 24.9 Å². The fourth-order valence-corrected chi connectivity index (χ4v) is 2.59. The van der Waals surface area contributed by atoms with Crippen molar-refractivity contribution in [3.8, 4) is 0 Å². The number of hydrogen-bond acceptors (Lipinski definition) is 3. The second-order valence-corrected chi connectivity index (χ2v) is 5.00. The second kappa shape index (κ2) is 6.30. The van der Waals surface area contributed by atoms with Gasteiger partial charge in [0.2, 0.25) is 0 Å². The van der Waals surface area contributed by atoms with Gasteiger partial charge in [0.25, 0.3) is 6.43 Å². The van der Waals surface area contributed by atoms with E-state index in [-0.39, 0.29) is 12.6 Å². The Kier molecular flexibility index (Phi) is 4.71. The summed E-state index contributed by atoms with van der Waals surface area (Å²) >= 11 is 0. The Balaban J connectivity index is 2.15. The topological polar surface area (TPSA) is 41.3 Å². The van der Waals surface area contributed by atoms with Crippen molar-refractivity contribution < 1.29 is 8.78 Å². The van der Waals surface area contributed by atoms with Crippen LogP contribution in [0.5, 0.6) is 0 Å². The smallest absolute Gasteiger partial charge is 0.250 e. The summed E-state index contributed by atoms with van der Waals surface area (Å²) < 4.78 is 24.5. The average Bonchev–Trinajstić information content (AvgIpc) is 2.39. The lowest BCUT2D eigenvalue weighted by Crippen LogP contribution is -2.32. The number of hydrogen-bond donors (Lipinski definition) is 2. The molecule has 1 aliphatic heterocycles. The quantitative estimate of drug-likeness (QED) is 0.858. The van der Waals surface area contributed by atoms with Gasteiger partial charge in [0, 0.05) is 31.9 Å². The van der Waals surface area contributed by atoms with E-state index in [4.69, 9.17) is 5.73 Å². The summed E-state index contributed by atoms with van der Waals surface area (Å²) in [5.74, 6) is 0. The van der Waals surface area contributed by atoms with Crippen LogP contribution in [0.3, 0.4) is 0 Å². The molecule has 0 fully saturated rings. The molecule has 2 rings (SSSR count). The molecule has 1 aromatic carbocycles. The molecule has 1 aliphatic rings. The van der Waals surface area contributed by atoms with Crippen molar-refractivity contribution in [1.29, 1.82) is 0 Å². The SMILES string of the molecule is CN1CCCc2cc(C(CN)NCC(F)F)ccc21. The molecule has 1 atom stereocenters. The molecule has 1 heterocycles. The Hall–Kier alpha value is -1.20. The first kappa shape index (κ1) is 14.2. The Morgan fingerprint density at radius 1 is 1.42 bits per heavy atom. The van der Waals surface area contributed by atoms with Crippen LogP contribution in [0.15, 0.2) is 18.2 Å². The molecule has 0 aromatic heterocycles. The molecule has 1 unspecified atom stereocenters. The normalized spacial score (nSPS) is 16.6. The summed E-state index contributed by atoms with van der Waals surface area (Å²) in [6.07, 6.45) is -0.178. The van der Waals surface area contributed by atoms with E-state index in [1.807, 2.05) is 6.07 Å². The first-order valence-corrected chi connectivity index (χ1v) is 6.67. The number of fused-ring (bicyclic) bond motifs is 1.